The Labute approximate surface area is 122 Å². The number of aromatic carboxylic acids is 1. The van der Waals surface area contributed by atoms with Crippen molar-refractivity contribution in [3.05, 3.63) is 45.8 Å². The summed E-state index contributed by atoms with van der Waals surface area (Å²) in [6, 6.07) is 6.15. The van der Waals surface area contributed by atoms with E-state index in [0.717, 1.165) is 17.8 Å². The minimum absolute atomic E-state index is 0.227. The van der Waals surface area contributed by atoms with Gasteiger partial charge in [0.05, 0.1) is 5.56 Å². The second-order valence-corrected chi connectivity index (χ2v) is 5.95. The van der Waals surface area contributed by atoms with Crippen LogP contribution in [0, 0.1) is 6.92 Å². The lowest BCUT2D eigenvalue weighted by atomic mass is 10.1. The molecule has 0 saturated carbocycles. The van der Waals surface area contributed by atoms with Crippen LogP contribution in [0.5, 0.6) is 0 Å². The van der Waals surface area contributed by atoms with Gasteiger partial charge in [0.15, 0.2) is 0 Å². The van der Waals surface area contributed by atoms with E-state index in [0.29, 0.717) is 6.04 Å². The zero-order valence-electron chi connectivity index (χ0n) is 11.8. The highest BCUT2D eigenvalue weighted by Gasteiger charge is 2.16. The first-order valence-electron chi connectivity index (χ1n) is 6.44. The fourth-order valence-corrected chi connectivity index (χ4v) is 2.95. The lowest BCUT2D eigenvalue weighted by Crippen LogP contribution is -2.31. The van der Waals surface area contributed by atoms with Gasteiger partial charge in [0.1, 0.15) is 5.82 Å². The molecule has 0 spiro atoms. The number of rotatable bonds is 5. The second-order valence-electron chi connectivity index (χ2n) is 4.91. The van der Waals surface area contributed by atoms with Gasteiger partial charge in [0.25, 0.3) is 0 Å². The molecule has 2 rings (SSSR count). The van der Waals surface area contributed by atoms with E-state index >= 15 is 0 Å². The van der Waals surface area contributed by atoms with E-state index in [2.05, 4.69) is 34.3 Å². The van der Waals surface area contributed by atoms with Gasteiger partial charge in [-0.3, -0.25) is 0 Å². The normalized spacial score (nSPS) is 12.2. The molecule has 1 unspecified atom stereocenters. The number of likely N-dealkylation sites (N-methyl/N-ethyl adjacent to an activating group) is 1. The van der Waals surface area contributed by atoms with Gasteiger partial charge in [-0.2, -0.15) is 0 Å². The van der Waals surface area contributed by atoms with Crippen LogP contribution < -0.4 is 4.90 Å². The summed E-state index contributed by atoms with van der Waals surface area (Å²) in [5, 5.41) is 11.0. The van der Waals surface area contributed by atoms with E-state index in [1.54, 1.807) is 17.4 Å². The highest BCUT2D eigenvalue weighted by atomic mass is 32.1. The summed E-state index contributed by atoms with van der Waals surface area (Å²) in [5.41, 5.74) is 1.11. The lowest BCUT2D eigenvalue weighted by molar-refractivity contribution is 0.0696. The molecular formula is C15H18N2O2S. The number of carbonyl (C=O) groups is 1. The van der Waals surface area contributed by atoms with Crippen LogP contribution in [-0.2, 0) is 6.42 Å². The maximum absolute atomic E-state index is 10.9. The van der Waals surface area contributed by atoms with Crippen LogP contribution >= 0.6 is 11.3 Å². The van der Waals surface area contributed by atoms with Crippen LogP contribution in [0.4, 0.5) is 5.82 Å². The van der Waals surface area contributed by atoms with Crippen molar-refractivity contribution in [1.29, 1.82) is 0 Å². The highest BCUT2D eigenvalue weighted by molar-refractivity contribution is 7.09. The van der Waals surface area contributed by atoms with Crippen molar-refractivity contribution in [2.24, 2.45) is 0 Å². The third-order valence-electron chi connectivity index (χ3n) is 3.37. The number of carboxylic acid groups (broad SMARTS) is 1. The average molecular weight is 290 g/mol. The molecule has 2 aromatic rings. The maximum atomic E-state index is 10.9. The zero-order valence-corrected chi connectivity index (χ0v) is 12.6. The summed E-state index contributed by atoms with van der Waals surface area (Å²) in [4.78, 5) is 18.7. The standard InChI is InChI=1S/C15H18N2O2S/c1-10-7-12(15(18)19)9-16-14(10)17(3)11(2)8-13-5-4-6-20-13/h4-7,9,11H,8H2,1-3H3,(H,18,19). The smallest absolute Gasteiger partial charge is 0.337 e. The SMILES string of the molecule is Cc1cc(C(=O)O)cnc1N(C)C(C)Cc1cccs1. The minimum Gasteiger partial charge on any atom is -0.478 e. The van der Waals surface area contributed by atoms with Gasteiger partial charge < -0.3 is 10.0 Å². The van der Waals surface area contributed by atoms with E-state index in [1.807, 2.05) is 14.0 Å². The second kappa shape index (κ2) is 6.05. The predicted octanol–water partition coefficient (Wildman–Crippen LogP) is 3.22. The Morgan fingerprint density at radius 1 is 1.55 bits per heavy atom. The molecule has 4 nitrogen and oxygen atoms in total. The molecule has 5 heteroatoms. The van der Waals surface area contributed by atoms with Gasteiger partial charge in [0, 0.05) is 30.6 Å². The van der Waals surface area contributed by atoms with Crippen LogP contribution in [0.2, 0.25) is 0 Å². The van der Waals surface area contributed by atoms with Gasteiger partial charge in [-0.1, -0.05) is 6.07 Å². The number of nitrogens with zero attached hydrogens (tertiary/aromatic N) is 2. The topological polar surface area (TPSA) is 53.4 Å². The molecule has 0 aromatic carbocycles. The summed E-state index contributed by atoms with van der Waals surface area (Å²) < 4.78 is 0. The molecule has 0 aliphatic rings. The van der Waals surface area contributed by atoms with Crippen molar-refractivity contribution in [2.45, 2.75) is 26.3 Å². The lowest BCUT2D eigenvalue weighted by Gasteiger charge is -2.27. The monoisotopic (exact) mass is 290 g/mol. The maximum Gasteiger partial charge on any atom is 0.337 e. The molecule has 2 aromatic heterocycles. The largest absolute Gasteiger partial charge is 0.478 e. The third-order valence-corrected chi connectivity index (χ3v) is 4.27. The van der Waals surface area contributed by atoms with Crippen molar-refractivity contribution in [1.82, 2.24) is 4.98 Å². The number of hydrogen-bond acceptors (Lipinski definition) is 4. The number of aryl methyl sites for hydroxylation is 1. The van der Waals surface area contributed by atoms with Crippen molar-refractivity contribution >= 4 is 23.1 Å². The number of anilines is 1. The molecule has 0 aliphatic heterocycles. The summed E-state index contributed by atoms with van der Waals surface area (Å²) in [6.07, 6.45) is 2.37. The number of pyridine rings is 1. The van der Waals surface area contributed by atoms with Crippen LogP contribution in [0.1, 0.15) is 27.7 Å². The van der Waals surface area contributed by atoms with Gasteiger partial charge >= 0.3 is 5.97 Å². The van der Waals surface area contributed by atoms with Crippen molar-refractivity contribution in [3.63, 3.8) is 0 Å². The summed E-state index contributed by atoms with van der Waals surface area (Å²) in [6.45, 7) is 4.04. The minimum atomic E-state index is -0.943. The van der Waals surface area contributed by atoms with Crippen molar-refractivity contribution in [3.8, 4) is 0 Å². The van der Waals surface area contributed by atoms with E-state index in [-0.39, 0.29) is 5.56 Å². The zero-order chi connectivity index (χ0) is 14.7. The Morgan fingerprint density at radius 3 is 2.85 bits per heavy atom. The molecule has 1 atom stereocenters. The average Bonchev–Trinajstić information content (AvgIpc) is 2.90. The number of carboxylic acids is 1. The van der Waals surface area contributed by atoms with Gasteiger partial charge in [-0.25, -0.2) is 9.78 Å². The van der Waals surface area contributed by atoms with E-state index < -0.39 is 5.97 Å². The first kappa shape index (κ1) is 14.5. The Balaban J connectivity index is 2.16. The van der Waals surface area contributed by atoms with E-state index in [9.17, 15) is 4.79 Å². The Hall–Kier alpha value is -1.88. The highest BCUT2D eigenvalue weighted by Crippen LogP contribution is 2.21. The molecule has 0 amide bonds. The van der Waals surface area contributed by atoms with Crippen LogP contribution in [0.15, 0.2) is 29.8 Å². The van der Waals surface area contributed by atoms with Crippen LogP contribution in [0.3, 0.4) is 0 Å². The van der Waals surface area contributed by atoms with E-state index in [1.165, 1.54) is 11.1 Å². The van der Waals surface area contributed by atoms with Gasteiger partial charge in [0.2, 0.25) is 0 Å². The fraction of sp³-hybridized carbons (Fsp3) is 0.333. The van der Waals surface area contributed by atoms with Crippen molar-refractivity contribution in [2.75, 3.05) is 11.9 Å². The third kappa shape index (κ3) is 3.17. The Kier molecular flexibility index (Phi) is 4.39. The molecule has 0 saturated heterocycles. The molecule has 0 aliphatic carbocycles. The number of thiophene rings is 1. The van der Waals surface area contributed by atoms with Crippen LogP contribution in [-0.4, -0.2) is 29.1 Å². The molecule has 0 fully saturated rings. The van der Waals surface area contributed by atoms with Gasteiger partial charge in [-0.05, 0) is 36.9 Å². The van der Waals surface area contributed by atoms with Crippen LogP contribution in [0.25, 0.3) is 0 Å². The fourth-order valence-electron chi connectivity index (χ4n) is 2.12. The number of aromatic nitrogens is 1. The van der Waals surface area contributed by atoms with E-state index in [4.69, 9.17) is 5.11 Å². The Morgan fingerprint density at radius 2 is 2.30 bits per heavy atom. The summed E-state index contributed by atoms with van der Waals surface area (Å²) >= 11 is 1.75. The molecule has 2 heterocycles. The molecule has 106 valence electrons. The first-order valence-corrected chi connectivity index (χ1v) is 7.32. The quantitative estimate of drug-likeness (QED) is 0.918. The molecule has 20 heavy (non-hydrogen) atoms. The Bertz CT molecular complexity index is 596. The van der Waals surface area contributed by atoms with Gasteiger partial charge in [-0.15, -0.1) is 11.3 Å². The molecule has 1 N–H and O–H groups in total. The summed E-state index contributed by atoms with van der Waals surface area (Å²) in [7, 11) is 1.99. The van der Waals surface area contributed by atoms with Crippen molar-refractivity contribution < 1.29 is 9.90 Å². The number of hydrogen-bond donors (Lipinski definition) is 1. The predicted molar refractivity (Wildman–Crippen MR) is 81.8 cm³/mol. The summed E-state index contributed by atoms with van der Waals surface area (Å²) in [5.74, 6) is -0.111. The first-order chi connectivity index (χ1) is 9.49. The molecular weight excluding hydrogens is 272 g/mol. The molecule has 0 radical (unpaired) electrons. The molecule has 0 bridgehead atoms.